The van der Waals surface area contributed by atoms with Gasteiger partial charge in [-0.15, -0.1) is 0 Å². The zero-order valence-electron chi connectivity index (χ0n) is 9.32. The van der Waals surface area contributed by atoms with Crippen molar-refractivity contribution in [3.63, 3.8) is 0 Å². The Hall–Kier alpha value is -1.16. The number of nitrogens with one attached hydrogen (secondary N) is 1. The Kier molecular flexibility index (Phi) is 2.97. The second-order valence-electron chi connectivity index (χ2n) is 4.22. The number of hydrogen-bond acceptors (Lipinski definition) is 3. The second-order valence-corrected chi connectivity index (χ2v) is 4.63. The number of pyridine rings is 1. The molecule has 1 saturated heterocycles. The van der Waals surface area contributed by atoms with Crippen molar-refractivity contribution in [3.8, 4) is 0 Å². The van der Waals surface area contributed by atoms with Crippen LogP contribution in [0.2, 0.25) is 5.02 Å². The van der Waals surface area contributed by atoms with Crippen molar-refractivity contribution in [3.05, 3.63) is 41.0 Å². The summed E-state index contributed by atoms with van der Waals surface area (Å²) in [7, 11) is 0. The van der Waals surface area contributed by atoms with Gasteiger partial charge in [0.25, 0.3) is 0 Å². The first kappa shape index (κ1) is 11.0. The molecule has 0 unspecified atom stereocenters. The predicted octanol–water partition coefficient (Wildman–Crippen LogP) is 2.38. The Labute approximate surface area is 105 Å². The van der Waals surface area contributed by atoms with Crippen LogP contribution >= 0.6 is 11.6 Å². The van der Waals surface area contributed by atoms with Crippen LogP contribution in [0.3, 0.4) is 0 Å². The second kappa shape index (κ2) is 4.61. The number of ether oxygens (including phenoxy) is 1. The fraction of sp³-hybridized carbons (Fsp3) is 0.308. The van der Waals surface area contributed by atoms with Gasteiger partial charge in [0.1, 0.15) is 0 Å². The van der Waals surface area contributed by atoms with Crippen LogP contribution in [0, 0.1) is 0 Å². The Morgan fingerprint density at radius 3 is 3.00 bits per heavy atom. The first-order chi connectivity index (χ1) is 8.34. The van der Waals surface area contributed by atoms with E-state index in [-0.39, 0.29) is 0 Å². The van der Waals surface area contributed by atoms with Crippen molar-refractivity contribution in [1.82, 2.24) is 10.3 Å². The molecule has 1 aliphatic heterocycles. The van der Waals surface area contributed by atoms with E-state index in [2.05, 4.69) is 10.3 Å². The third-order valence-corrected chi connectivity index (χ3v) is 3.35. The maximum atomic E-state index is 6.15. The summed E-state index contributed by atoms with van der Waals surface area (Å²) in [6.07, 6.45) is 1.80. The molecule has 1 fully saturated rings. The van der Waals surface area contributed by atoms with Gasteiger partial charge in [0, 0.05) is 23.2 Å². The first-order valence-electron chi connectivity index (χ1n) is 5.68. The van der Waals surface area contributed by atoms with Crippen molar-refractivity contribution >= 4 is 22.5 Å². The lowest BCUT2D eigenvalue weighted by Crippen LogP contribution is -2.45. The van der Waals surface area contributed by atoms with Crippen LogP contribution in [0.25, 0.3) is 10.9 Å². The molecule has 2 aromatic rings. The maximum Gasteiger partial charge on any atom is 0.0761 e. The molecule has 3 rings (SSSR count). The van der Waals surface area contributed by atoms with Crippen molar-refractivity contribution in [2.24, 2.45) is 0 Å². The number of hydrogen-bond donors (Lipinski definition) is 1. The Morgan fingerprint density at radius 1 is 1.35 bits per heavy atom. The van der Waals surface area contributed by atoms with Gasteiger partial charge in [0.05, 0.1) is 24.8 Å². The van der Waals surface area contributed by atoms with E-state index < -0.39 is 0 Å². The van der Waals surface area contributed by atoms with E-state index in [1.54, 1.807) is 6.20 Å². The van der Waals surface area contributed by atoms with Gasteiger partial charge in [-0.3, -0.25) is 4.98 Å². The third kappa shape index (κ3) is 2.14. The fourth-order valence-electron chi connectivity index (χ4n) is 1.95. The van der Waals surface area contributed by atoms with E-state index in [1.807, 2.05) is 24.3 Å². The highest BCUT2D eigenvalue weighted by atomic mass is 35.5. The minimum atomic E-state index is 0.476. The van der Waals surface area contributed by atoms with Gasteiger partial charge in [-0.25, -0.2) is 0 Å². The lowest BCUT2D eigenvalue weighted by atomic mass is 10.1. The van der Waals surface area contributed by atoms with E-state index >= 15 is 0 Å². The molecular weight excluding hydrogens is 236 g/mol. The molecular formula is C13H13ClN2O. The molecule has 0 aliphatic carbocycles. The molecule has 0 saturated carbocycles. The number of halogens is 1. The van der Waals surface area contributed by atoms with Crippen LogP contribution in [-0.2, 0) is 11.3 Å². The van der Waals surface area contributed by atoms with Crippen LogP contribution in [0.1, 0.15) is 5.56 Å². The summed E-state index contributed by atoms with van der Waals surface area (Å²) in [5.41, 5.74) is 2.16. The van der Waals surface area contributed by atoms with Crippen LogP contribution in [-0.4, -0.2) is 24.2 Å². The van der Waals surface area contributed by atoms with Crippen molar-refractivity contribution in [1.29, 1.82) is 0 Å². The van der Waals surface area contributed by atoms with Gasteiger partial charge in [0.2, 0.25) is 0 Å². The Balaban J connectivity index is 1.90. The zero-order chi connectivity index (χ0) is 11.7. The summed E-state index contributed by atoms with van der Waals surface area (Å²) in [6, 6.07) is 8.35. The first-order valence-corrected chi connectivity index (χ1v) is 6.05. The molecule has 17 heavy (non-hydrogen) atoms. The predicted molar refractivity (Wildman–Crippen MR) is 68.2 cm³/mol. The van der Waals surface area contributed by atoms with E-state index in [9.17, 15) is 0 Å². The zero-order valence-corrected chi connectivity index (χ0v) is 10.1. The van der Waals surface area contributed by atoms with Gasteiger partial charge in [-0.1, -0.05) is 17.7 Å². The molecule has 1 aromatic heterocycles. The average molecular weight is 249 g/mol. The standard InChI is InChI=1S/C13H13ClN2O/c14-12-4-3-9(6-16-10-7-17-8-10)13-11(12)2-1-5-15-13/h1-5,10,16H,6-8H2. The summed E-state index contributed by atoms with van der Waals surface area (Å²) in [5.74, 6) is 0. The van der Waals surface area contributed by atoms with Gasteiger partial charge in [-0.2, -0.15) is 0 Å². The molecule has 3 nitrogen and oxygen atoms in total. The molecule has 2 heterocycles. The summed E-state index contributed by atoms with van der Waals surface area (Å²) in [4.78, 5) is 4.41. The summed E-state index contributed by atoms with van der Waals surface area (Å²) >= 11 is 6.15. The average Bonchev–Trinajstić information content (AvgIpc) is 2.30. The van der Waals surface area contributed by atoms with Crippen molar-refractivity contribution in [2.75, 3.05) is 13.2 Å². The maximum absolute atomic E-state index is 6.15. The third-order valence-electron chi connectivity index (χ3n) is 3.02. The minimum absolute atomic E-state index is 0.476. The van der Waals surface area contributed by atoms with Gasteiger partial charge in [-0.05, 0) is 23.8 Å². The van der Waals surface area contributed by atoms with Crippen LogP contribution in [0.4, 0.5) is 0 Å². The number of aromatic nitrogens is 1. The molecule has 88 valence electrons. The van der Waals surface area contributed by atoms with Gasteiger partial charge in [0.15, 0.2) is 0 Å². The summed E-state index contributed by atoms with van der Waals surface area (Å²) in [5, 5.41) is 5.20. The van der Waals surface area contributed by atoms with Crippen LogP contribution in [0.5, 0.6) is 0 Å². The van der Waals surface area contributed by atoms with Crippen LogP contribution < -0.4 is 5.32 Å². The highest BCUT2D eigenvalue weighted by Gasteiger charge is 2.17. The van der Waals surface area contributed by atoms with Crippen molar-refractivity contribution < 1.29 is 4.74 Å². The lowest BCUT2D eigenvalue weighted by molar-refractivity contribution is -0.00574. The molecule has 0 spiro atoms. The minimum Gasteiger partial charge on any atom is -0.378 e. The molecule has 1 N–H and O–H groups in total. The highest BCUT2D eigenvalue weighted by Crippen LogP contribution is 2.24. The molecule has 0 amide bonds. The molecule has 0 bridgehead atoms. The van der Waals surface area contributed by atoms with Gasteiger partial charge < -0.3 is 10.1 Å². The summed E-state index contributed by atoms with van der Waals surface area (Å²) < 4.78 is 5.13. The van der Waals surface area contributed by atoms with Crippen LogP contribution in [0.15, 0.2) is 30.5 Å². The number of nitrogens with zero attached hydrogens (tertiary/aromatic N) is 1. The van der Waals surface area contributed by atoms with E-state index in [1.165, 1.54) is 5.56 Å². The monoisotopic (exact) mass is 248 g/mol. The largest absolute Gasteiger partial charge is 0.378 e. The van der Waals surface area contributed by atoms with Gasteiger partial charge >= 0.3 is 0 Å². The topological polar surface area (TPSA) is 34.1 Å². The molecule has 0 atom stereocenters. The Morgan fingerprint density at radius 2 is 2.24 bits per heavy atom. The van der Waals surface area contributed by atoms with Crippen molar-refractivity contribution in [2.45, 2.75) is 12.6 Å². The number of rotatable bonds is 3. The SMILES string of the molecule is Clc1ccc(CNC2COC2)c2ncccc12. The number of fused-ring (bicyclic) bond motifs is 1. The molecule has 0 radical (unpaired) electrons. The van der Waals surface area contributed by atoms with E-state index in [0.29, 0.717) is 6.04 Å². The number of benzene rings is 1. The smallest absolute Gasteiger partial charge is 0.0761 e. The molecule has 1 aromatic carbocycles. The Bertz CT molecular complexity index is 540. The van der Waals surface area contributed by atoms with E-state index in [0.717, 1.165) is 35.7 Å². The quantitative estimate of drug-likeness (QED) is 0.906. The normalized spacial score (nSPS) is 16.1. The molecule has 4 heteroatoms. The fourth-order valence-corrected chi connectivity index (χ4v) is 2.16. The summed E-state index contributed by atoms with van der Waals surface area (Å²) in [6.45, 7) is 2.41. The molecule has 1 aliphatic rings. The lowest BCUT2D eigenvalue weighted by Gasteiger charge is -2.27. The van der Waals surface area contributed by atoms with E-state index in [4.69, 9.17) is 16.3 Å². The highest BCUT2D eigenvalue weighted by molar-refractivity contribution is 6.35.